The molecule has 0 spiro atoms. The number of amides is 2. The van der Waals surface area contributed by atoms with Gasteiger partial charge in [0.05, 0.1) is 11.5 Å². The molecule has 1 saturated heterocycles. The van der Waals surface area contributed by atoms with Crippen LogP contribution < -0.4 is 0 Å². The van der Waals surface area contributed by atoms with Gasteiger partial charge >= 0.3 is 5.97 Å². The Morgan fingerprint density at radius 2 is 2.04 bits per heavy atom. The Balaban J connectivity index is 1.89. The van der Waals surface area contributed by atoms with Crippen molar-refractivity contribution in [3.8, 4) is 5.69 Å². The van der Waals surface area contributed by atoms with Gasteiger partial charge in [0.25, 0.3) is 11.1 Å². The number of aryl methyl sites for hydroxylation is 1. The number of carbonyl (C=O) groups is 3. The third-order valence-electron chi connectivity index (χ3n) is 4.18. The molecular formula is C20H20N2O4S. The molecule has 0 radical (unpaired) electrons. The fraction of sp³-hybridized carbons (Fsp3) is 0.250. The zero-order valence-corrected chi connectivity index (χ0v) is 16.2. The standard InChI is InChI=1S/C20H20N2O4S/c1-4-26-19(24)14(3)22-18(23)17(27-20(22)25)12-16-9-6-10-21(16)15-8-5-7-13(2)11-15/h5-12,14H,4H2,1-3H3/b17-12-/t14-/m1/s1. The lowest BCUT2D eigenvalue weighted by Crippen LogP contribution is -2.42. The summed E-state index contributed by atoms with van der Waals surface area (Å²) in [7, 11) is 0. The summed E-state index contributed by atoms with van der Waals surface area (Å²) in [4.78, 5) is 38.1. The predicted molar refractivity (Wildman–Crippen MR) is 104 cm³/mol. The summed E-state index contributed by atoms with van der Waals surface area (Å²) in [6, 6.07) is 10.8. The molecule has 1 atom stereocenters. The number of imide groups is 1. The molecule has 27 heavy (non-hydrogen) atoms. The fourth-order valence-corrected chi connectivity index (χ4v) is 3.73. The van der Waals surface area contributed by atoms with E-state index in [1.54, 1.807) is 13.0 Å². The first-order valence-corrected chi connectivity index (χ1v) is 9.42. The van der Waals surface area contributed by atoms with E-state index in [0.717, 1.165) is 33.6 Å². The molecule has 1 aromatic heterocycles. The summed E-state index contributed by atoms with van der Waals surface area (Å²) in [6.45, 7) is 5.37. The highest BCUT2D eigenvalue weighted by atomic mass is 32.2. The Morgan fingerprint density at radius 1 is 1.26 bits per heavy atom. The van der Waals surface area contributed by atoms with Crippen LogP contribution in [0.15, 0.2) is 47.5 Å². The van der Waals surface area contributed by atoms with E-state index in [0.29, 0.717) is 0 Å². The van der Waals surface area contributed by atoms with Crippen molar-refractivity contribution in [1.29, 1.82) is 0 Å². The van der Waals surface area contributed by atoms with Crippen molar-refractivity contribution in [2.75, 3.05) is 6.61 Å². The van der Waals surface area contributed by atoms with Crippen molar-refractivity contribution in [3.05, 3.63) is 58.8 Å². The Morgan fingerprint density at radius 3 is 2.74 bits per heavy atom. The number of aromatic nitrogens is 1. The van der Waals surface area contributed by atoms with Gasteiger partial charge < -0.3 is 9.30 Å². The van der Waals surface area contributed by atoms with E-state index in [4.69, 9.17) is 4.74 Å². The molecular weight excluding hydrogens is 364 g/mol. The molecule has 0 N–H and O–H groups in total. The summed E-state index contributed by atoms with van der Waals surface area (Å²) in [5.74, 6) is -1.08. The van der Waals surface area contributed by atoms with Crippen molar-refractivity contribution in [2.45, 2.75) is 26.8 Å². The molecule has 2 amide bonds. The maximum Gasteiger partial charge on any atom is 0.329 e. The Kier molecular flexibility index (Phi) is 5.51. The number of ether oxygens (including phenoxy) is 1. The zero-order chi connectivity index (χ0) is 19.6. The molecule has 7 heteroatoms. The number of carbonyl (C=O) groups excluding carboxylic acids is 3. The van der Waals surface area contributed by atoms with Gasteiger partial charge in [-0.2, -0.15) is 0 Å². The van der Waals surface area contributed by atoms with Crippen LogP contribution in [-0.4, -0.2) is 39.2 Å². The van der Waals surface area contributed by atoms with Gasteiger partial charge in [0.1, 0.15) is 6.04 Å². The van der Waals surface area contributed by atoms with Gasteiger partial charge in [-0.25, -0.2) is 4.79 Å². The lowest BCUT2D eigenvalue weighted by molar-refractivity contribution is -0.150. The second-order valence-corrected chi connectivity index (χ2v) is 7.11. The van der Waals surface area contributed by atoms with Gasteiger partial charge in [-0.1, -0.05) is 12.1 Å². The van der Waals surface area contributed by atoms with Crippen molar-refractivity contribution in [2.24, 2.45) is 0 Å². The quantitative estimate of drug-likeness (QED) is 0.580. The molecule has 0 aliphatic carbocycles. The van der Waals surface area contributed by atoms with E-state index in [-0.39, 0.29) is 11.5 Å². The van der Waals surface area contributed by atoms with Crippen LogP contribution >= 0.6 is 11.8 Å². The molecule has 1 aliphatic rings. The van der Waals surface area contributed by atoms with Gasteiger partial charge in [0, 0.05) is 17.6 Å². The molecule has 3 rings (SSSR count). The second-order valence-electron chi connectivity index (χ2n) is 6.12. The third-order valence-corrected chi connectivity index (χ3v) is 5.06. The van der Waals surface area contributed by atoms with Crippen LogP contribution in [0.3, 0.4) is 0 Å². The minimum atomic E-state index is -0.952. The molecule has 2 heterocycles. The molecule has 1 fully saturated rings. The topological polar surface area (TPSA) is 68.6 Å². The largest absolute Gasteiger partial charge is 0.464 e. The predicted octanol–water partition coefficient (Wildman–Crippen LogP) is 3.77. The number of rotatable bonds is 5. The minimum absolute atomic E-state index is 0.194. The van der Waals surface area contributed by atoms with Gasteiger partial charge in [-0.3, -0.25) is 14.5 Å². The molecule has 0 saturated carbocycles. The average molecular weight is 384 g/mol. The molecule has 2 aromatic rings. The number of nitrogens with zero attached hydrogens (tertiary/aromatic N) is 2. The smallest absolute Gasteiger partial charge is 0.329 e. The highest BCUT2D eigenvalue weighted by molar-refractivity contribution is 8.18. The zero-order valence-electron chi connectivity index (χ0n) is 15.3. The summed E-state index contributed by atoms with van der Waals surface area (Å²) in [5.41, 5.74) is 2.86. The van der Waals surface area contributed by atoms with E-state index in [1.807, 2.05) is 54.1 Å². The Hall–Kier alpha value is -2.80. The number of thioether (sulfide) groups is 1. The molecule has 1 aliphatic heterocycles. The average Bonchev–Trinajstić information content (AvgIpc) is 3.19. The van der Waals surface area contributed by atoms with E-state index < -0.39 is 23.2 Å². The van der Waals surface area contributed by atoms with Crippen LogP contribution in [0.4, 0.5) is 4.79 Å². The number of hydrogen-bond donors (Lipinski definition) is 0. The van der Waals surface area contributed by atoms with Crippen LogP contribution in [0, 0.1) is 6.92 Å². The van der Waals surface area contributed by atoms with Crippen LogP contribution in [-0.2, 0) is 14.3 Å². The highest BCUT2D eigenvalue weighted by Gasteiger charge is 2.41. The third kappa shape index (κ3) is 3.83. The number of hydrogen-bond acceptors (Lipinski definition) is 5. The number of benzene rings is 1. The first-order chi connectivity index (χ1) is 12.9. The van der Waals surface area contributed by atoms with Gasteiger partial charge in [-0.15, -0.1) is 0 Å². The Labute approximate surface area is 161 Å². The van der Waals surface area contributed by atoms with Crippen molar-refractivity contribution < 1.29 is 19.1 Å². The first kappa shape index (κ1) is 19.0. The molecule has 140 valence electrons. The van der Waals surface area contributed by atoms with E-state index in [9.17, 15) is 14.4 Å². The van der Waals surface area contributed by atoms with Crippen molar-refractivity contribution in [3.63, 3.8) is 0 Å². The minimum Gasteiger partial charge on any atom is -0.464 e. The van der Waals surface area contributed by atoms with Gasteiger partial charge in [0.2, 0.25) is 0 Å². The first-order valence-electron chi connectivity index (χ1n) is 8.60. The highest BCUT2D eigenvalue weighted by Crippen LogP contribution is 2.34. The lowest BCUT2D eigenvalue weighted by atomic mass is 10.2. The normalized spacial score (nSPS) is 16.9. The molecule has 6 nitrogen and oxygen atoms in total. The number of esters is 1. The molecule has 1 aromatic carbocycles. The SMILES string of the molecule is CCOC(=O)[C@@H](C)N1C(=O)S/C(=C\c2cccn2-c2cccc(C)c2)C1=O. The maximum atomic E-state index is 12.7. The lowest BCUT2D eigenvalue weighted by Gasteiger charge is -2.19. The van der Waals surface area contributed by atoms with E-state index in [1.165, 1.54) is 6.92 Å². The van der Waals surface area contributed by atoms with Crippen molar-refractivity contribution >= 4 is 35.0 Å². The summed E-state index contributed by atoms with van der Waals surface area (Å²) < 4.78 is 6.86. The fourth-order valence-electron chi connectivity index (χ4n) is 2.84. The van der Waals surface area contributed by atoms with E-state index in [2.05, 4.69) is 0 Å². The van der Waals surface area contributed by atoms with Crippen molar-refractivity contribution in [1.82, 2.24) is 9.47 Å². The Bertz CT molecular complexity index is 932. The summed E-state index contributed by atoms with van der Waals surface area (Å²) >= 11 is 0.828. The summed E-state index contributed by atoms with van der Waals surface area (Å²) in [6.07, 6.45) is 3.57. The maximum absolute atomic E-state index is 12.7. The molecule has 0 bridgehead atoms. The van der Waals surface area contributed by atoms with E-state index >= 15 is 0 Å². The monoisotopic (exact) mass is 384 g/mol. The van der Waals surface area contributed by atoms with Crippen LogP contribution in [0.1, 0.15) is 25.1 Å². The summed E-state index contributed by atoms with van der Waals surface area (Å²) in [5, 5.41) is -0.472. The van der Waals surface area contributed by atoms with Crippen LogP contribution in [0.25, 0.3) is 11.8 Å². The van der Waals surface area contributed by atoms with Crippen LogP contribution in [0.2, 0.25) is 0 Å². The molecule has 0 unspecified atom stereocenters. The van der Waals surface area contributed by atoms with Crippen LogP contribution in [0.5, 0.6) is 0 Å². The van der Waals surface area contributed by atoms with Gasteiger partial charge in [-0.05, 0) is 68.4 Å². The second kappa shape index (κ2) is 7.84. The van der Waals surface area contributed by atoms with Gasteiger partial charge in [0.15, 0.2) is 0 Å².